The van der Waals surface area contributed by atoms with Crippen LogP contribution < -0.4 is 4.72 Å². The highest BCUT2D eigenvalue weighted by molar-refractivity contribution is 7.89. The van der Waals surface area contributed by atoms with Gasteiger partial charge in [-0.25, -0.2) is 18.1 Å². The number of sulfonamides is 1. The largest absolute Gasteiger partial charge is 0.334 e. The lowest BCUT2D eigenvalue weighted by Crippen LogP contribution is -2.42. The lowest BCUT2D eigenvalue weighted by molar-refractivity contribution is 0.313. The molecule has 0 aromatic carbocycles. The predicted octanol–water partition coefficient (Wildman–Crippen LogP) is 2.68. The van der Waals surface area contributed by atoms with Crippen LogP contribution in [0.5, 0.6) is 0 Å². The number of aryl methyl sites for hydroxylation is 2. The third kappa shape index (κ3) is 3.99. The normalized spacial score (nSPS) is 23.4. The standard InChI is InChI=1S/C14H24ClN3O2S/c1-3-8-18-10-14(16-11(18)2)21(19,20)17-13-7-5-4-6-12(13)9-15/h10,12-13,17H,3-9H2,1-2H3. The average molecular weight is 334 g/mol. The molecular weight excluding hydrogens is 310 g/mol. The first kappa shape index (κ1) is 16.8. The van der Waals surface area contributed by atoms with Crippen LogP contribution in [-0.2, 0) is 16.6 Å². The maximum Gasteiger partial charge on any atom is 0.259 e. The van der Waals surface area contributed by atoms with Gasteiger partial charge in [0, 0.05) is 24.7 Å². The summed E-state index contributed by atoms with van der Waals surface area (Å²) in [4.78, 5) is 4.20. The van der Waals surface area contributed by atoms with Gasteiger partial charge in [-0.3, -0.25) is 0 Å². The summed E-state index contributed by atoms with van der Waals surface area (Å²) < 4.78 is 29.7. The first-order valence-corrected chi connectivity index (χ1v) is 9.61. The Bertz CT molecular complexity index is 571. The topological polar surface area (TPSA) is 64.0 Å². The quantitative estimate of drug-likeness (QED) is 0.814. The molecule has 0 radical (unpaired) electrons. The fourth-order valence-electron chi connectivity index (χ4n) is 2.88. The van der Waals surface area contributed by atoms with Crippen molar-refractivity contribution < 1.29 is 8.42 Å². The lowest BCUT2D eigenvalue weighted by Gasteiger charge is -2.30. The van der Waals surface area contributed by atoms with Crippen molar-refractivity contribution >= 4 is 21.6 Å². The molecule has 1 heterocycles. The van der Waals surface area contributed by atoms with Crippen molar-refractivity contribution in [3.05, 3.63) is 12.0 Å². The van der Waals surface area contributed by atoms with Gasteiger partial charge >= 0.3 is 0 Å². The van der Waals surface area contributed by atoms with E-state index in [1.54, 1.807) is 6.20 Å². The second-order valence-electron chi connectivity index (χ2n) is 5.75. The zero-order valence-electron chi connectivity index (χ0n) is 12.7. The van der Waals surface area contributed by atoms with Crippen molar-refractivity contribution in [2.75, 3.05) is 5.88 Å². The van der Waals surface area contributed by atoms with Crippen molar-refractivity contribution in [1.29, 1.82) is 0 Å². The van der Waals surface area contributed by atoms with Crippen LogP contribution >= 0.6 is 11.6 Å². The monoisotopic (exact) mass is 333 g/mol. The van der Waals surface area contributed by atoms with Gasteiger partial charge in [-0.15, -0.1) is 11.6 Å². The number of hydrogen-bond acceptors (Lipinski definition) is 3. The number of nitrogens with one attached hydrogen (secondary N) is 1. The summed E-state index contributed by atoms with van der Waals surface area (Å²) in [5.74, 6) is 1.44. The molecule has 2 rings (SSSR count). The molecule has 21 heavy (non-hydrogen) atoms. The number of halogens is 1. The summed E-state index contributed by atoms with van der Waals surface area (Å²) in [5.41, 5.74) is 0. The molecule has 1 N–H and O–H groups in total. The molecule has 1 aromatic rings. The van der Waals surface area contributed by atoms with E-state index in [-0.39, 0.29) is 17.0 Å². The van der Waals surface area contributed by atoms with Crippen molar-refractivity contribution in [2.24, 2.45) is 5.92 Å². The Labute approximate surface area is 132 Å². The summed E-state index contributed by atoms with van der Waals surface area (Å²) in [6.07, 6.45) is 6.58. The van der Waals surface area contributed by atoms with Crippen LogP contribution in [0.3, 0.4) is 0 Å². The number of rotatable bonds is 6. The van der Waals surface area contributed by atoms with Crippen LogP contribution in [-0.4, -0.2) is 29.9 Å². The molecule has 1 aromatic heterocycles. The molecule has 0 spiro atoms. The molecule has 0 bridgehead atoms. The highest BCUT2D eigenvalue weighted by Gasteiger charge is 2.30. The molecule has 2 unspecified atom stereocenters. The van der Waals surface area contributed by atoms with E-state index in [2.05, 4.69) is 16.6 Å². The Morgan fingerprint density at radius 3 is 2.81 bits per heavy atom. The molecule has 2 atom stereocenters. The molecule has 120 valence electrons. The van der Waals surface area contributed by atoms with Gasteiger partial charge in [0.25, 0.3) is 10.0 Å². The number of hydrogen-bond donors (Lipinski definition) is 1. The van der Waals surface area contributed by atoms with Crippen LogP contribution in [0.1, 0.15) is 44.9 Å². The molecule has 5 nitrogen and oxygen atoms in total. The van der Waals surface area contributed by atoms with E-state index >= 15 is 0 Å². The molecule has 1 fully saturated rings. The summed E-state index contributed by atoms with van der Waals surface area (Å²) >= 11 is 5.97. The van der Waals surface area contributed by atoms with Gasteiger partial charge < -0.3 is 4.57 Å². The van der Waals surface area contributed by atoms with Gasteiger partial charge in [0.2, 0.25) is 0 Å². The molecule has 1 aliphatic carbocycles. The number of nitrogens with zero attached hydrogens (tertiary/aromatic N) is 2. The minimum atomic E-state index is -3.56. The van der Waals surface area contributed by atoms with Gasteiger partial charge in [-0.05, 0) is 32.1 Å². The van der Waals surface area contributed by atoms with E-state index < -0.39 is 10.0 Å². The van der Waals surface area contributed by atoms with Gasteiger partial charge in [0.1, 0.15) is 5.82 Å². The minimum absolute atomic E-state index is 0.0714. The fourth-order valence-corrected chi connectivity index (χ4v) is 4.60. The highest BCUT2D eigenvalue weighted by atomic mass is 35.5. The first-order chi connectivity index (χ1) is 9.97. The van der Waals surface area contributed by atoms with E-state index in [9.17, 15) is 8.42 Å². The first-order valence-electron chi connectivity index (χ1n) is 7.60. The van der Waals surface area contributed by atoms with Crippen LogP contribution in [0, 0.1) is 12.8 Å². The third-order valence-electron chi connectivity index (χ3n) is 4.11. The third-order valence-corrected chi connectivity index (χ3v) is 5.86. The number of alkyl halides is 1. The SMILES string of the molecule is CCCn1cc(S(=O)(=O)NC2CCCCC2CCl)nc1C. The van der Waals surface area contributed by atoms with Crippen molar-refractivity contribution in [1.82, 2.24) is 14.3 Å². The Morgan fingerprint density at radius 2 is 2.14 bits per heavy atom. The Kier molecular flexibility index (Phi) is 5.68. The second-order valence-corrected chi connectivity index (χ2v) is 7.72. The fraction of sp³-hybridized carbons (Fsp3) is 0.786. The van der Waals surface area contributed by atoms with Crippen molar-refractivity contribution in [2.45, 2.75) is 63.6 Å². The van der Waals surface area contributed by atoms with E-state index in [1.807, 2.05) is 11.5 Å². The van der Waals surface area contributed by atoms with E-state index in [4.69, 9.17) is 11.6 Å². The number of aromatic nitrogens is 2. The van der Waals surface area contributed by atoms with Gasteiger partial charge in [-0.1, -0.05) is 19.8 Å². The Morgan fingerprint density at radius 1 is 1.43 bits per heavy atom. The Balaban J connectivity index is 2.15. The molecule has 1 aliphatic rings. The lowest BCUT2D eigenvalue weighted by atomic mass is 9.86. The second kappa shape index (κ2) is 7.11. The van der Waals surface area contributed by atoms with Gasteiger partial charge in [-0.2, -0.15) is 0 Å². The number of imidazole rings is 1. The van der Waals surface area contributed by atoms with E-state index in [1.165, 1.54) is 0 Å². The summed E-state index contributed by atoms with van der Waals surface area (Å²) in [6.45, 7) is 4.66. The van der Waals surface area contributed by atoms with Crippen LogP contribution in [0.25, 0.3) is 0 Å². The van der Waals surface area contributed by atoms with Crippen LogP contribution in [0.15, 0.2) is 11.2 Å². The Hall–Kier alpha value is -0.590. The zero-order chi connectivity index (χ0) is 15.5. The summed E-state index contributed by atoms with van der Waals surface area (Å²) in [7, 11) is -3.56. The van der Waals surface area contributed by atoms with Crippen LogP contribution in [0.4, 0.5) is 0 Å². The summed E-state index contributed by atoms with van der Waals surface area (Å²) in [5, 5.41) is 0.118. The molecular formula is C14H24ClN3O2S. The predicted molar refractivity (Wildman–Crippen MR) is 84.0 cm³/mol. The van der Waals surface area contributed by atoms with E-state index in [0.29, 0.717) is 5.88 Å². The van der Waals surface area contributed by atoms with Crippen LogP contribution in [0.2, 0.25) is 0 Å². The summed E-state index contributed by atoms with van der Waals surface area (Å²) in [6, 6.07) is -0.0714. The maximum absolute atomic E-state index is 12.5. The molecule has 0 saturated heterocycles. The van der Waals surface area contributed by atoms with Gasteiger partial charge in [0.15, 0.2) is 5.03 Å². The molecule has 0 amide bonds. The molecule has 0 aliphatic heterocycles. The maximum atomic E-state index is 12.5. The van der Waals surface area contributed by atoms with Crippen molar-refractivity contribution in [3.63, 3.8) is 0 Å². The average Bonchev–Trinajstić information content (AvgIpc) is 2.82. The molecule has 1 saturated carbocycles. The smallest absolute Gasteiger partial charge is 0.259 e. The minimum Gasteiger partial charge on any atom is -0.334 e. The highest BCUT2D eigenvalue weighted by Crippen LogP contribution is 2.26. The molecule has 7 heteroatoms. The van der Waals surface area contributed by atoms with Gasteiger partial charge in [0.05, 0.1) is 0 Å². The van der Waals surface area contributed by atoms with Crippen molar-refractivity contribution in [3.8, 4) is 0 Å². The van der Waals surface area contributed by atoms with E-state index in [0.717, 1.165) is 44.5 Å². The zero-order valence-corrected chi connectivity index (χ0v) is 14.3.